The number of carbonyl (C=O) groups excluding carboxylic acids is 1. The molecule has 4 nitrogen and oxygen atoms in total. The first-order valence-electron chi connectivity index (χ1n) is 7.12. The molecule has 1 amide bonds. The van der Waals surface area contributed by atoms with E-state index in [9.17, 15) is 4.79 Å². The van der Waals surface area contributed by atoms with Gasteiger partial charge in [0.2, 0.25) is 5.91 Å². The van der Waals surface area contributed by atoms with Crippen molar-refractivity contribution in [3.05, 3.63) is 5.69 Å². The molecule has 20 heavy (non-hydrogen) atoms. The van der Waals surface area contributed by atoms with Crippen molar-refractivity contribution in [1.29, 1.82) is 0 Å². The van der Waals surface area contributed by atoms with Crippen molar-refractivity contribution in [1.82, 2.24) is 10.3 Å². The van der Waals surface area contributed by atoms with Crippen molar-refractivity contribution in [3.63, 3.8) is 0 Å². The zero-order valence-electron chi connectivity index (χ0n) is 12.3. The molecule has 0 saturated heterocycles. The second kappa shape index (κ2) is 6.80. The number of nitrogens with one attached hydrogen (secondary N) is 1. The fraction of sp³-hybridized carbons (Fsp3) is 0.714. The third-order valence-corrected chi connectivity index (χ3v) is 6.51. The molecule has 0 spiro atoms. The first-order valence-corrected chi connectivity index (χ1v) is 8.92. The van der Waals surface area contributed by atoms with Gasteiger partial charge < -0.3 is 11.1 Å². The highest BCUT2D eigenvalue weighted by Crippen LogP contribution is 2.31. The molecule has 0 radical (unpaired) electrons. The van der Waals surface area contributed by atoms with Crippen LogP contribution in [0.4, 0.5) is 5.13 Å². The van der Waals surface area contributed by atoms with Gasteiger partial charge in [0.1, 0.15) is 0 Å². The lowest BCUT2D eigenvalue weighted by molar-refractivity contribution is -0.119. The lowest BCUT2D eigenvalue weighted by Crippen LogP contribution is -2.44. The Balaban J connectivity index is 1.82. The Hall–Kier alpha value is -0.750. The molecule has 0 aromatic carbocycles. The standard InChI is InChI=1S/C14H23N3OS2/c1-8-5-4-6-11(9(8)2)17-12(18)7-19-13-10(3)16-14(15)20-13/h8-9,11H,4-7H2,1-3H3,(H2,15,16)(H,17,18). The molecule has 6 heteroatoms. The van der Waals surface area contributed by atoms with Crippen molar-refractivity contribution >= 4 is 34.1 Å². The van der Waals surface area contributed by atoms with Crippen molar-refractivity contribution in [3.8, 4) is 0 Å². The molecule has 3 unspecified atom stereocenters. The zero-order valence-corrected chi connectivity index (χ0v) is 13.9. The number of nitrogen functional groups attached to an aromatic ring is 1. The summed E-state index contributed by atoms with van der Waals surface area (Å²) in [6.07, 6.45) is 3.60. The van der Waals surface area contributed by atoms with E-state index in [4.69, 9.17) is 5.73 Å². The minimum Gasteiger partial charge on any atom is -0.375 e. The Kier molecular flexibility index (Phi) is 5.32. The van der Waals surface area contributed by atoms with Gasteiger partial charge in [-0.05, 0) is 25.2 Å². The van der Waals surface area contributed by atoms with Crippen LogP contribution >= 0.6 is 23.1 Å². The van der Waals surface area contributed by atoms with Gasteiger partial charge >= 0.3 is 0 Å². The van der Waals surface area contributed by atoms with E-state index in [0.29, 0.717) is 28.8 Å². The SMILES string of the molecule is Cc1nc(N)sc1SCC(=O)NC1CCCC(C)C1C. The maximum atomic E-state index is 12.1. The topological polar surface area (TPSA) is 68.0 Å². The molecule has 3 N–H and O–H groups in total. The number of nitrogens with zero attached hydrogens (tertiary/aromatic N) is 1. The molecule has 1 aromatic rings. The van der Waals surface area contributed by atoms with Gasteiger partial charge in [-0.25, -0.2) is 4.98 Å². The number of hydrogen-bond donors (Lipinski definition) is 2. The largest absolute Gasteiger partial charge is 0.375 e. The van der Waals surface area contributed by atoms with Gasteiger partial charge in [-0.2, -0.15) is 0 Å². The van der Waals surface area contributed by atoms with Gasteiger partial charge in [-0.15, -0.1) is 11.8 Å². The number of nitrogens with two attached hydrogens (primary N) is 1. The van der Waals surface area contributed by atoms with E-state index in [1.807, 2.05) is 6.92 Å². The second-order valence-electron chi connectivity index (χ2n) is 5.65. The number of aromatic nitrogens is 1. The van der Waals surface area contributed by atoms with Crippen LogP contribution in [0.25, 0.3) is 0 Å². The van der Waals surface area contributed by atoms with Gasteiger partial charge in [-0.1, -0.05) is 38.0 Å². The van der Waals surface area contributed by atoms with Gasteiger partial charge in [0.05, 0.1) is 15.7 Å². The van der Waals surface area contributed by atoms with Crippen molar-refractivity contribution < 1.29 is 4.79 Å². The van der Waals surface area contributed by atoms with E-state index < -0.39 is 0 Å². The van der Waals surface area contributed by atoms with Crippen LogP contribution in [0.2, 0.25) is 0 Å². The van der Waals surface area contributed by atoms with Crippen molar-refractivity contribution in [2.24, 2.45) is 11.8 Å². The Morgan fingerprint density at radius 1 is 1.50 bits per heavy atom. The zero-order chi connectivity index (χ0) is 14.7. The molecule has 0 aliphatic heterocycles. The van der Waals surface area contributed by atoms with Gasteiger partial charge in [0.25, 0.3) is 0 Å². The average molecular weight is 313 g/mol. The maximum absolute atomic E-state index is 12.1. The van der Waals surface area contributed by atoms with Crippen LogP contribution in [-0.2, 0) is 4.79 Å². The molecule has 1 aliphatic rings. The average Bonchev–Trinajstić information content (AvgIpc) is 2.71. The summed E-state index contributed by atoms with van der Waals surface area (Å²) in [7, 11) is 0. The minimum absolute atomic E-state index is 0.118. The monoisotopic (exact) mass is 313 g/mol. The second-order valence-corrected chi connectivity index (χ2v) is 7.93. The molecule has 1 aromatic heterocycles. The van der Waals surface area contributed by atoms with Crippen LogP contribution < -0.4 is 11.1 Å². The Morgan fingerprint density at radius 2 is 2.25 bits per heavy atom. The van der Waals surface area contributed by atoms with E-state index in [2.05, 4.69) is 24.1 Å². The number of rotatable bonds is 4. The smallest absolute Gasteiger partial charge is 0.230 e. The molecule has 112 valence electrons. The fourth-order valence-electron chi connectivity index (χ4n) is 2.70. The molecule has 1 fully saturated rings. The van der Waals surface area contributed by atoms with Crippen molar-refractivity contribution in [2.45, 2.75) is 50.3 Å². The summed E-state index contributed by atoms with van der Waals surface area (Å²) in [6, 6.07) is 0.333. The number of aryl methyl sites for hydroxylation is 1. The van der Waals surface area contributed by atoms with E-state index in [1.54, 1.807) is 0 Å². The number of thioether (sulfide) groups is 1. The lowest BCUT2D eigenvalue weighted by Gasteiger charge is -2.34. The van der Waals surface area contributed by atoms with Crippen LogP contribution in [0.3, 0.4) is 0 Å². The van der Waals surface area contributed by atoms with E-state index >= 15 is 0 Å². The Morgan fingerprint density at radius 3 is 2.90 bits per heavy atom. The summed E-state index contributed by atoms with van der Waals surface area (Å²) in [5, 5.41) is 3.76. The van der Waals surface area contributed by atoms with Crippen LogP contribution in [0.1, 0.15) is 38.8 Å². The first kappa shape index (κ1) is 15.6. The fourth-order valence-corrected chi connectivity index (χ4v) is 4.54. The summed E-state index contributed by atoms with van der Waals surface area (Å²) in [5.74, 6) is 1.83. The van der Waals surface area contributed by atoms with Gasteiger partial charge in [-0.3, -0.25) is 4.79 Å². The Bertz CT molecular complexity index is 475. The predicted molar refractivity (Wildman–Crippen MR) is 86.1 cm³/mol. The van der Waals surface area contributed by atoms with Gasteiger partial charge in [0, 0.05) is 6.04 Å². The van der Waals surface area contributed by atoms with Gasteiger partial charge in [0.15, 0.2) is 5.13 Å². The van der Waals surface area contributed by atoms with E-state index in [0.717, 1.165) is 16.3 Å². The quantitative estimate of drug-likeness (QED) is 0.838. The summed E-state index contributed by atoms with van der Waals surface area (Å²) in [6.45, 7) is 6.45. The van der Waals surface area contributed by atoms with Crippen LogP contribution in [0, 0.1) is 18.8 Å². The van der Waals surface area contributed by atoms with Crippen LogP contribution in [0.15, 0.2) is 4.21 Å². The molecule has 1 aliphatic carbocycles. The summed E-state index contributed by atoms with van der Waals surface area (Å²) >= 11 is 2.98. The molecule has 1 saturated carbocycles. The minimum atomic E-state index is 0.118. The normalized spacial score (nSPS) is 26.4. The molecular weight excluding hydrogens is 290 g/mol. The molecule has 3 atom stereocenters. The predicted octanol–water partition coefficient (Wildman–Crippen LogP) is 3.07. The first-order chi connectivity index (χ1) is 9.47. The molecular formula is C14H23N3OS2. The summed E-state index contributed by atoms with van der Waals surface area (Å²) < 4.78 is 1.04. The summed E-state index contributed by atoms with van der Waals surface area (Å²) in [5.41, 5.74) is 6.58. The maximum Gasteiger partial charge on any atom is 0.230 e. The third kappa shape index (κ3) is 3.88. The number of carbonyl (C=O) groups is 1. The van der Waals surface area contributed by atoms with Crippen LogP contribution in [-0.4, -0.2) is 22.7 Å². The highest BCUT2D eigenvalue weighted by molar-refractivity contribution is 8.01. The Labute approximate surface area is 128 Å². The number of anilines is 1. The number of thiazole rings is 1. The number of hydrogen-bond acceptors (Lipinski definition) is 5. The summed E-state index contributed by atoms with van der Waals surface area (Å²) in [4.78, 5) is 16.2. The van der Waals surface area contributed by atoms with Crippen molar-refractivity contribution in [2.75, 3.05) is 11.5 Å². The highest BCUT2D eigenvalue weighted by atomic mass is 32.2. The molecule has 0 bridgehead atoms. The van der Waals surface area contributed by atoms with Crippen LogP contribution in [0.5, 0.6) is 0 Å². The highest BCUT2D eigenvalue weighted by Gasteiger charge is 2.28. The third-order valence-electron chi connectivity index (χ3n) is 4.16. The lowest BCUT2D eigenvalue weighted by atomic mass is 9.78. The van der Waals surface area contributed by atoms with E-state index in [-0.39, 0.29) is 5.91 Å². The molecule has 1 heterocycles. The molecule has 2 rings (SSSR count). The van der Waals surface area contributed by atoms with E-state index in [1.165, 1.54) is 35.9 Å². The number of amides is 1.